The lowest BCUT2D eigenvalue weighted by Gasteiger charge is -2.30. The van der Waals surface area contributed by atoms with Gasteiger partial charge in [-0.2, -0.15) is 0 Å². The molecule has 1 unspecified atom stereocenters. The third-order valence-electron chi connectivity index (χ3n) is 4.45. The van der Waals surface area contributed by atoms with Crippen LogP contribution in [0.4, 0.5) is 4.79 Å². The van der Waals surface area contributed by atoms with E-state index in [0.29, 0.717) is 6.67 Å². The van der Waals surface area contributed by atoms with Crippen LogP contribution in [0.5, 0.6) is 0 Å². The zero-order valence-electron chi connectivity index (χ0n) is 13.1. The van der Waals surface area contributed by atoms with Crippen molar-refractivity contribution in [2.75, 3.05) is 32.8 Å². The molecule has 1 aromatic carbocycles. The maximum Gasteiger partial charge on any atom is 0.326 e. The Labute approximate surface area is 130 Å². The molecule has 6 heteroatoms. The molecule has 1 aromatic rings. The molecule has 0 aromatic heterocycles. The van der Waals surface area contributed by atoms with Crippen molar-refractivity contribution < 1.29 is 9.59 Å². The third-order valence-corrected chi connectivity index (χ3v) is 4.45. The van der Waals surface area contributed by atoms with E-state index < -0.39 is 5.54 Å². The number of hydrogen-bond acceptors (Lipinski definition) is 4. The minimum absolute atomic E-state index is 0.181. The number of piperazine rings is 1. The molecule has 2 aliphatic rings. The van der Waals surface area contributed by atoms with Gasteiger partial charge in [-0.1, -0.05) is 29.8 Å². The summed E-state index contributed by atoms with van der Waals surface area (Å²) in [6, 6.07) is 7.41. The van der Waals surface area contributed by atoms with E-state index in [2.05, 4.69) is 15.5 Å². The smallest absolute Gasteiger partial charge is 0.319 e. The van der Waals surface area contributed by atoms with Crippen molar-refractivity contribution in [2.45, 2.75) is 19.4 Å². The van der Waals surface area contributed by atoms with Crippen LogP contribution in [0.2, 0.25) is 0 Å². The van der Waals surface area contributed by atoms with Crippen molar-refractivity contribution in [3.63, 3.8) is 0 Å². The summed E-state index contributed by atoms with van der Waals surface area (Å²) < 4.78 is 0. The fourth-order valence-electron chi connectivity index (χ4n) is 2.96. The predicted octanol–water partition coefficient (Wildman–Crippen LogP) is 0.625. The number of carbonyl (C=O) groups is 2. The fourth-order valence-corrected chi connectivity index (χ4v) is 2.96. The van der Waals surface area contributed by atoms with Gasteiger partial charge in [-0.3, -0.25) is 9.69 Å². The molecule has 2 fully saturated rings. The molecule has 22 heavy (non-hydrogen) atoms. The number of benzene rings is 1. The van der Waals surface area contributed by atoms with Crippen LogP contribution < -0.4 is 10.6 Å². The fraction of sp³-hybridized carbons (Fsp3) is 0.500. The number of aryl methyl sites for hydroxylation is 1. The first kappa shape index (κ1) is 15.0. The van der Waals surface area contributed by atoms with Gasteiger partial charge in [0.1, 0.15) is 5.54 Å². The Morgan fingerprint density at radius 2 is 1.77 bits per heavy atom. The first-order valence-electron chi connectivity index (χ1n) is 7.65. The highest BCUT2D eigenvalue weighted by Gasteiger charge is 2.49. The Hall–Kier alpha value is -1.92. The molecule has 2 heterocycles. The predicted molar refractivity (Wildman–Crippen MR) is 83.2 cm³/mol. The molecule has 3 amide bonds. The van der Waals surface area contributed by atoms with Crippen LogP contribution in [0.1, 0.15) is 18.1 Å². The highest BCUT2D eigenvalue weighted by Crippen LogP contribution is 2.29. The third kappa shape index (κ3) is 2.60. The molecule has 118 valence electrons. The molecule has 2 N–H and O–H groups in total. The second kappa shape index (κ2) is 5.70. The molecule has 2 saturated heterocycles. The van der Waals surface area contributed by atoms with Gasteiger partial charge in [0, 0.05) is 26.2 Å². The number of hydrogen-bond donors (Lipinski definition) is 2. The molecule has 1 atom stereocenters. The van der Waals surface area contributed by atoms with Crippen LogP contribution in [0.25, 0.3) is 0 Å². The summed E-state index contributed by atoms with van der Waals surface area (Å²) in [5.41, 5.74) is 0.972. The molecular weight excluding hydrogens is 280 g/mol. The van der Waals surface area contributed by atoms with E-state index in [4.69, 9.17) is 0 Å². The lowest BCUT2D eigenvalue weighted by molar-refractivity contribution is -0.132. The summed E-state index contributed by atoms with van der Waals surface area (Å²) in [7, 11) is 0. The van der Waals surface area contributed by atoms with Crippen molar-refractivity contribution in [3.8, 4) is 0 Å². The highest BCUT2D eigenvalue weighted by atomic mass is 16.2. The monoisotopic (exact) mass is 302 g/mol. The zero-order chi connectivity index (χ0) is 15.7. The zero-order valence-corrected chi connectivity index (χ0v) is 13.1. The molecular formula is C16H22N4O2. The number of nitrogens with zero attached hydrogens (tertiary/aromatic N) is 2. The van der Waals surface area contributed by atoms with Crippen LogP contribution >= 0.6 is 0 Å². The quantitative estimate of drug-likeness (QED) is 0.804. The average Bonchev–Trinajstić information content (AvgIpc) is 2.73. The lowest BCUT2D eigenvalue weighted by atomic mass is 9.91. The van der Waals surface area contributed by atoms with E-state index in [1.807, 2.05) is 31.2 Å². The summed E-state index contributed by atoms with van der Waals surface area (Å²) in [6.45, 7) is 7.59. The lowest BCUT2D eigenvalue weighted by Crippen LogP contribution is -2.50. The Morgan fingerprint density at radius 1 is 1.14 bits per heavy atom. The van der Waals surface area contributed by atoms with Crippen molar-refractivity contribution in [1.29, 1.82) is 0 Å². The number of urea groups is 1. The van der Waals surface area contributed by atoms with Gasteiger partial charge in [0.15, 0.2) is 0 Å². The standard InChI is InChI=1S/C16H22N4O2/c1-12-3-5-13(6-4-12)16(2)14(21)20(15(22)18-16)11-19-9-7-17-8-10-19/h3-6,17H,7-11H2,1-2H3,(H,18,22). The van der Waals surface area contributed by atoms with Gasteiger partial charge in [-0.25, -0.2) is 9.69 Å². The van der Waals surface area contributed by atoms with E-state index in [0.717, 1.165) is 37.3 Å². The molecule has 0 bridgehead atoms. The highest BCUT2D eigenvalue weighted by molar-refractivity contribution is 6.07. The number of amides is 3. The van der Waals surface area contributed by atoms with Crippen molar-refractivity contribution in [2.24, 2.45) is 0 Å². The Balaban J connectivity index is 1.79. The van der Waals surface area contributed by atoms with Crippen molar-refractivity contribution >= 4 is 11.9 Å². The number of carbonyl (C=O) groups excluding carboxylic acids is 2. The maximum absolute atomic E-state index is 12.8. The number of imide groups is 1. The molecule has 2 aliphatic heterocycles. The Bertz CT molecular complexity index is 580. The van der Waals surface area contributed by atoms with Gasteiger partial charge in [-0.15, -0.1) is 0 Å². The summed E-state index contributed by atoms with van der Waals surface area (Å²) in [5.74, 6) is -0.181. The van der Waals surface area contributed by atoms with E-state index in [1.54, 1.807) is 6.92 Å². The van der Waals surface area contributed by atoms with Gasteiger partial charge in [0.05, 0.1) is 6.67 Å². The van der Waals surface area contributed by atoms with Crippen LogP contribution in [-0.2, 0) is 10.3 Å². The van der Waals surface area contributed by atoms with Gasteiger partial charge < -0.3 is 10.6 Å². The minimum Gasteiger partial charge on any atom is -0.319 e. The summed E-state index contributed by atoms with van der Waals surface area (Å²) >= 11 is 0. The van der Waals surface area contributed by atoms with Gasteiger partial charge in [0.25, 0.3) is 5.91 Å². The molecule has 6 nitrogen and oxygen atoms in total. The Morgan fingerprint density at radius 3 is 2.41 bits per heavy atom. The Kier molecular flexibility index (Phi) is 3.88. The van der Waals surface area contributed by atoms with Gasteiger partial charge in [0.2, 0.25) is 0 Å². The molecule has 0 aliphatic carbocycles. The van der Waals surface area contributed by atoms with E-state index in [-0.39, 0.29) is 11.9 Å². The van der Waals surface area contributed by atoms with Crippen LogP contribution in [0.3, 0.4) is 0 Å². The van der Waals surface area contributed by atoms with Gasteiger partial charge in [-0.05, 0) is 19.4 Å². The van der Waals surface area contributed by atoms with E-state index in [9.17, 15) is 9.59 Å². The number of rotatable bonds is 3. The normalized spacial score (nSPS) is 26.4. The first-order chi connectivity index (χ1) is 10.5. The van der Waals surface area contributed by atoms with Crippen molar-refractivity contribution in [1.82, 2.24) is 20.4 Å². The molecule has 0 spiro atoms. The minimum atomic E-state index is -0.973. The molecule has 3 rings (SSSR count). The summed E-state index contributed by atoms with van der Waals surface area (Å²) in [5, 5.41) is 6.11. The van der Waals surface area contributed by atoms with Crippen LogP contribution in [-0.4, -0.2) is 54.6 Å². The summed E-state index contributed by atoms with van der Waals surface area (Å²) in [4.78, 5) is 28.5. The largest absolute Gasteiger partial charge is 0.326 e. The van der Waals surface area contributed by atoms with E-state index in [1.165, 1.54) is 4.90 Å². The maximum atomic E-state index is 12.8. The second-order valence-electron chi connectivity index (χ2n) is 6.16. The second-order valence-corrected chi connectivity index (χ2v) is 6.16. The SMILES string of the molecule is Cc1ccc(C2(C)NC(=O)N(CN3CCNCC3)C2=O)cc1. The average molecular weight is 302 g/mol. The molecule has 0 saturated carbocycles. The van der Waals surface area contributed by atoms with E-state index >= 15 is 0 Å². The van der Waals surface area contributed by atoms with Crippen LogP contribution in [0, 0.1) is 6.92 Å². The first-order valence-corrected chi connectivity index (χ1v) is 7.65. The summed E-state index contributed by atoms with van der Waals surface area (Å²) in [6.07, 6.45) is 0. The number of nitrogens with one attached hydrogen (secondary N) is 2. The molecule has 0 radical (unpaired) electrons. The topological polar surface area (TPSA) is 64.7 Å². The van der Waals surface area contributed by atoms with Crippen molar-refractivity contribution in [3.05, 3.63) is 35.4 Å². The van der Waals surface area contributed by atoms with Crippen LogP contribution in [0.15, 0.2) is 24.3 Å². The van der Waals surface area contributed by atoms with Gasteiger partial charge >= 0.3 is 6.03 Å².